The van der Waals surface area contributed by atoms with Crippen LogP contribution >= 0.6 is 11.6 Å². The third kappa shape index (κ3) is 3.20. The summed E-state index contributed by atoms with van der Waals surface area (Å²) >= 11 is 5.73. The lowest BCUT2D eigenvalue weighted by Gasteiger charge is -2.22. The molecular weight excluding hydrogens is 355 g/mol. The lowest BCUT2D eigenvalue weighted by atomic mass is 10.1. The molecule has 1 aliphatic heterocycles. The highest BCUT2D eigenvalue weighted by Gasteiger charge is 2.38. The number of benzene rings is 1. The summed E-state index contributed by atoms with van der Waals surface area (Å²) in [6, 6.07) is 4.90. The Balaban J connectivity index is 1.92. The molecule has 1 unspecified atom stereocenters. The number of aromatic nitrogens is 1. The molecule has 0 saturated carbocycles. The number of nitrogens with zero attached hydrogens (tertiary/aromatic N) is 2. The lowest BCUT2D eigenvalue weighted by Crippen LogP contribution is -2.30. The van der Waals surface area contributed by atoms with Crippen LogP contribution in [0.2, 0.25) is 5.02 Å². The van der Waals surface area contributed by atoms with Gasteiger partial charge in [0.05, 0.1) is 16.0 Å². The van der Waals surface area contributed by atoms with Crippen LogP contribution in [0, 0.1) is 5.82 Å². The summed E-state index contributed by atoms with van der Waals surface area (Å²) in [5.41, 5.74) is 0.618. The maximum absolute atomic E-state index is 13.3. The molecule has 0 N–H and O–H groups in total. The maximum Gasteiger partial charge on any atom is 0.243 e. The predicted molar refractivity (Wildman–Crippen MR) is 87.8 cm³/mol. The van der Waals surface area contributed by atoms with Crippen LogP contribution in [0.15, 0.2) is 33.7 Å². The van der Waals surface area contributed by atoms with Gasteiger partial charge in [-0.2, -0.15) is 4.31 Å². The Labute approximate surface area is 145 Å². The minimum atomic E-state index is -3.78. The fraction of sp³-hybridized carbons (Fsp3) is 0.438. The van der Waals surface area contributed by atoms with E-state index in [2.05, 4.69) is 5.16 Å². The quantitative estimate of drug-likeness (QED) is 0.797. The second-order valence-corrected chi connectivity index (χ2v) is 8.12. The molecule has 0 bridgehead atoms. The number of sulfonamides is 1. The van der Waals surface area contributed by atoms with Crippen LogP contribution in [0.3, 0.4) is 0 Å². The molecule has 0 aliphatic carbocycles. The average Bonchev–Trinajstić information content (AvgIpc) is 3.19. The van der Waals surface area contributed by atoms with Crippen LogP contribution in [0.5, 0.6) is 0 Å². The van der Waals surface area contributed by atoms with Gasteiger partial charge in [-0.15, -0.1) is 0 Å². The Morgan fingerprint density at radius 2 is 2.21 bits per heavy atom. The molecule has 0 radical (unpaired) electrons. The second kappa shape index (κ2) is 6.82. The van der Waals surface area contributed by atoms with Gasteiger partial charge >= 0.3 is 0 Å². The number of hydrogen-bond acceptors (Lipinski definition) is 4. The second-order valence-electron chi connectivity index (χ2n) is 5.82. The first-order valence-electron chi connectivity index (χ1n) is 7.86. The van der Waals surface area contributed by atoms with E-state index in [-0.39, 0.29) is 16.0 Å². The summed E-state index contributed by atoms with van der Waals surface area (Å²) in [5.74, 6) is 0.107. The van der Waals surface area contributed by atoms with Crippen molar-refractivity contribution in [1.82, 2.24) is 9.46 Å². The third-order valence-corrected chi connectivity index (χ3v) is 6.31. The number of aryl methyl sites for hydroxylation is 1. The van der Waals surface area contributed by atoms with E-state index in [1.54, 1.807) is 0 Å². The summed E-state index contributed by atoms with van der Waals surface area (Å²) < 4.78 is 45.8. The summed E-state index contributed by atoms with van der Waals surface area (Å²) in [7, 11) is -3.78. The molecule has 130 valence electrons. The molecule has 0 spiro atoms. The van der Waals surface area contributed by atoms with E-state index in [0.717, 1.165) is 37.2 Å². The van der Waals surface area contributed by atoms with Crippen molar-refractivity contribution in [3.63, 3.8) is 0 Å². The molecule has 1 atom stereocenters. The standard InChI is InChI=1S/C16H18ClFN2O3S/c1-2-4-11-9-15(19-23-11)16-5-3-8-20(16)24(21,22)12-6-7-14(18)13(17)10-12/h6-7,9-10,16H,2-5,8H2,1H3. The van der Waals surface area contributed by atoms with Crippen LogP contribution in [-0.2, 0) is 16.4 Å². The Hall–Kier alpha value is -1.44. The molecule has 24 heavy (non-hydrogen) atoms. The van der Waals surface area contributed by atoms with Gasteiger partial charge in [0.15, 0.2) is 0 Å². The predicted octanol–water partition coefficient (Wildman–Crippen LogP) is 3.95. The van der Waals surface area contributed by atoms with Gasteiger partial charge in [0.25, 0.3) is 0 Å². The molecule has 1 aliphatic rings. The molecule has 1 fully saturated rings. The van der Waals surface area contributed by atoms with Crippen molar-refractivity contribution < 1.29 is 17.3 Å². The maximum atomic E-state index is 13.3. The van der Waals surface area contributed by atoms with Crippen LogP contribution in [0.1, 0.15) is 43.7 Å². The first-order valence-corrected chi connectivity index (χ1v) is 9.67. The van der Waals surface area contributed by atoms with E-state index in [9.17, 15) is 12.8 Å². The van der Waals surface area contributed by atoms with Gasteiger partial charge in [0, 0.05) is 19.0 Å². The SMILES string of the molecule is CCCc1cc(C2CCCN2S(=O)(=O)c2ccc(F)c(Cl)c2)no1. The zero-order valence-corrected chi connectivity index (χ0v) is 14.8. The van der Waals surface area contributed by atoms with Crippen molar-refractivity contribution in [3.05, 3.63) is 46.6 Å². The molecular formula is C16H18ClFN2O3S. The Morgan fingerprint density at radius 3 is 2.92 bits per heavy atom. The zero-order valence-electron chi connectivity index (χ0n) is 13.2. The van der Waals surface area contributed by atoms with E-state index in [4.69, 9.17) is 16.1 Å². The Morgan fingerprint density at radius 1 is 1.42 bits per heavy atom. The van der Waals surface area contributed by atoms with Crippen LogP contribution in [0.4, 0.5) is 4.39 Å². The molecule has 8 heteroatoms. The molecule has 1 saturated heterocycles. The van der Waals surface area contributed by atoms with Crippen molar-refractivity contribution in [1.29, 1.82) is 0 Å². The zero-order chi connectivity index (χ0) is 17.3. The normalized spacial score (nSPS) is 19.0. The fourth-order valence-corrected chi connectivity index (χ4v) is 4.89. The van der Waals surface area contributed by atoms with Gasteiger partial charge in [-0.3, -0.25) is 0 Å². The molecule has 5 nitrogen and oxygen atoms in total. The van der Waals surface area contributed by atoms with Crippen molar-refractivity contribution in [2.24, 2.45) is 0 Å². The first-order chi connectivity index (χ1) is 11.4. The van der Waals surface area contributed by atoms with Crippen LogP contribution in [-0.4, -0.2) is 24.4 Å². The number of rotatable bonds is 5. The number of hydrogen-bond donors (Lipinski definition) is 0. The van der Waals surface area contributed by atoms with E-state index in [1.165, 1.54) is 10.4 Å². The van der Waals surface area contributed by atoms with Crippen molar-refractivity contribution in [2.45, 2.75) is 43.5 Å². The highest BCUT2D eigenvalue weighted by Crippen LogP contribution is 2.36. The first kappa shape index (κ1) is 17.4. The van der Waals surface area contributed by atoms with Crippen molar-refractivity contribution in [3.8, 4) is 0 Å². The van der Waals surface area contributed by atoms with E-state index >= 15 is 0 Å². The summed E-state index contributed by atoms with van der Waals surface area (Å²) in [6.45, 7) is 2.42. The van der Waals surface area contributed by atoms with Gasteiger partial charge in [-0.1, -0.05) is 23.7 Å². The molecule has 1 aromatic heterocycles. The van der Waals surface area contributed by atoms with Crippen LogP contribution in [0.25, 0.3) is 0 Å². The molecule has 2 heterocycles. The Kier molecular flexibility index (Phi) is 4.94. The fourth-order valence-electron chi connectivity index (χ4n) is 2.95. The molecule has 0 amide bonds. The lowest BCUT2D eigenvalue weighted by molar-refractivity contribution is 0.343. The van der Waals surface area contributed by atoms with Crippen LogP contribution < -0.4 is 0 Å². The van der Waals surface area contributed by atoms with Gasteiger partial charge < -0.3 is 4.52 Å². The highest BCUT2D eigenvalue weighted by molar-refractivity contribution is 7.89. The largest absolute Gasteiger partial charge is 0.361 e. The van der Waals surface area contributed by atoms with E-state index < -0.39 is 15.8 Å². The molecule has 2 aromatic rings. The molecule has 1 aromatic carbocycles. The smallest absolute Gasteiger partial charge is 0.243 e. The van der Waals surface area contributed by atoms with E-state index in [1.807, 2.05) is 13.0 Å². The summed E-state index contributed by atoms with van der Waals surface area (Å²) in [5, 5.41) is 3.83. The summed E-state index contributed by atoms with van der Waals surface area (Å²) in [4.78, 5) is -0.0157. The minimum Gasteiger partial charge on any atom is -0.361 e. The Bertz CT molecular complexity index is 838. The van der Waals surface area contributed by atoms with Crippen molar-refractivity contribution in [2.75, 3.05) is 6.54 Å². The topological polar surface area (TPSA) is 63.4 Å². The molecule has 3 rings (SSSR count). The number of halogens is 2. The van der Waals surface area contributed by atoms with Crippen molar-refractivity contribution >= 4 is 21.6 Å². The highest BCUT2D eigenvalue weighted by atomic mass is 35.5. The van der Waals surface area contributed by atoms with E-state index in [0.29, 0.717) is 18.7 Å². The summed E-state index contributed by atoms with van der Waals surface area (Å²) in [6.07, 6.45) is 3.09. The van der Waals surface area contributed by atoms with Gasteiger partial charge in [-0.05, 0) is 37.5 Å². The van der Waals surface area contributed by atoms with Gasteiger partial charge in [0.1, 0.15) is 17.3 Å². The average molecular weight is 373 g/mol. The minimum absolute atomic E-state index is 0.0157. The van der Waals surface area contributed by atoms with Gasteiger partial charge in [0.2, 0.25) is 10.0 Å². The monoisotopic (exact) mass is 372 g/mol. The van der Waals surface area contributed by atoms with Gasteiger partial charge in [-0.25, -0.2) is 12.8 Å². The third-order valence-electron chi connectivity index (χ3n) is 4.12.